The van der Waals surface area contributed by atoms with Gasteiger partial charge in [0.05, 0.1) is 5.54 Å². The van der Waals surface area contributed by atoms with Crippen molar-refractivity contribution in [3.63, 3.8) is 0 Å². The molecule has 3 nitrogen and oxygen atoms in total. The Morgan fingerprint density at radius 3 is 1.70 bits per heavy atom. The lowest BCUT2D eigenvalue weighted by atomic mass is 9.86. The number of nitrogens with zero attached hydrogens (tertiary/aromatic N) is 3. The van der Waals surface area contributed by atoms with Crippen LogP contribution >= 0.6 is 0 Å². The van der Waals surface area contributed by atoms with E-state index in [1.165, 1.54) is 70.6 Å². The highest BCUT2D eigenvalue weighted by Gasteiger charge is 2.31. The molecule has 23 heavy (non-hydrogen) atoms. The topological polar surface area (TPSA) is 28.0 Å². The zero-order valence-corrected chi connectivity index (χ0v) is 16.3. The molecule has 0 aromatic heterocycles. The van der Waals surface area contributed by atoms with Crippen LogP contribution in [-0.2, 0) is 0 Å². The minimum Gasteiger partial charge on any atom is -0.277 e. The van der Waals surface area contributed by atoms with Crippen molar-refractivity contribution in [2.45, 2.75) is 110 Å². The number of unbranched alkanes of at least 4 members (excludes halogenated alkanes) is 9. The van der Waals surface area contributed by atoms with E-state index in [9.17, 15) is 0 Å². The van der Waals surface area contributed by atoms with Crippen LogP contribution in [0.5, 0.6) is 0 Å². The van der Waals surface area contributed by atoms with E-state index in [4.69, 9.17) is 0 Å². The fourth-order valence-corrected chi connectivity index (χ4v) is 3.40. The Kier molecular flexibility index (Phi) is 14.2. The highest BCUT2D eigenvalue weighted by atomic mass is 15.5. The Labute approximate surface area is 145 Å². The normalized spacial score (nSPS) is 12.0. The molecule has 0 unspecified atom stereocenters. The van der Waals surface area contributed by atoms with Crippen molar-refractivity contribution in [3.05, 3.63) is 0 Å². The van der Waals surface area contributed by atoms with Gasteiger partial charge in [-0.1, -0.05) is 85.0 Å². The quantitative estimate of drug-likeness (QED) is 0.139. The predicted molar refractivity (Wildman–Crippen MR) is 106 cm³/mol. The maximum atomic E-state index is 4.19. The van der Waals surface area contributed by atoms with E-state index < -0.39 is 0 Å². The number of hydrogen-bond acceptors (Lipinski definition) is 2. The standard InChI is InChI=1S/C20H41N3/c1-6-9-10-11-12-13-14-15-16-17-18-20(7-2,8-3)23(22-5)19-21-4/h19H,5-18H2,1-4H3. The summed E-state index contributed by atoms with van der Waals surface area (Å²) in [6, 6.07) is 0. The summed E-state index contributed by atoms with van der Waals surface area (Å²) in [7, 11) is 1.80. The summed E-state index contributed by atoms with van der Waals surface area (Å²) < 4.78 is 0. The highest BCUT2D eigenvalue weighted by molar-refractivity contribution is 5.56. The Hall–Kier alpha value is -0.860. The van der Waals surface area contributed by atoms with Crippen LogP contribution in [0.2, 0.25) is 0 Å². The first-order valence-corrected chi connectivity index (χ1v) is 9.89. The third kappa shape index (κ3) is 9.12. The second-order valence-corrected chi connectivity index (χ2v) is 6.72. The van der Waals surface area contributed by atoms with Crippen molar-refractivity contribution in [1.82, 2.24) is 5.01 Å². The molecule has 0 aromatic rings. The Balaban J connectivity index is 3.95. The van der Waals surface area contributed by atoms with Crippen LogP contribution in [0.25, 0.3) is 0 Å². The molecular weight excluding hydrogens is 282 g/mol. The van der Waals surface area contributed by atoms with Crippen LogP contribution in [0.15, 0.2) is 10.1 Å². The van der Waals surface area contributed by atoms with E-state index in [1.54, 1.807) is 7.05 Å². The molecule has 0 saturated carbocycles. The van der Waals surface area contributed by atoms with Crippen molar-refractivity contribution in [1.29, 1.82) is 0 Å². The molecule has 0 aliphatic rings. The molecule has 3 heteroatoms. The summed E-state index contributed by atoms with van der Waals surface area (Å²) in [4.78, 5) is 4.14. The van der Waals surface area contributed by atoms with E-state index in [0.717, 1.165) is 12.8 Å². The SMILES string of the molecule is C=NN(C=NC)C(CC)(CC)CCCCCCCCCCCC. The van der Waals surface area contributed by atoms with Crippen LogP contribution in [-0.4, -0.2) is 30.7 Å². The zero-order chi connectivity index (χ0) is 17.4. The summed E-state index contributed by atoms with van der Waals surface area (Å²) in [5.41, 5.74) is 0.0986. The van der Waals surface area contributed by atoms with E-state index in [1.807, 2.05) is 11.3 Å². The van der Waals surface area contributed by atoms with Crippen LogP contribution in [0.4, 0.5) is 0 Å². The fourth-order valence-electron chi connectivity index (χ4n) is 3.40. The summed E-state index contributed by atoms with van der Waals surface area (Å²) in [5, 5.41) is 6.18. The molecule has 0 bridgehead atoms. The minimum atomic E-state index is 0.0986. The third-order valence-corrected chi connectivity index (χ3v) is 5.18. The van der Waals surface area contributed by atoms with Crippen molar-refractivity contribution in [2.24, 2.45) is 10.1 Å². The van der Waals surface area contributed by atoms with E-state index in [2.05, 4.69) is 37.6 Å². The summed E-state index contributed by atoms with van der Waals surface area (Å²) >= 11 is 0. The van der Waals surface area contributed by atoms with Gasteiger partial charge in [-0.3, -0.25) is 4.99 Å². The zero-order valence-electron chi connectivity index (χ0n) is 16.3. The van der Waals surface area contributed by atoms with E-state index >= 15 is 0 Å². The molecule has 0 aliphatic heterocycles. The van der Waals surface area contributed by atoms with Gasteiger partial charge in [-0.25, -0.2) is 5.01 Å². The lowest BCUT2D eigenvalue weighted by Crippen LogP contribution is -2.44. The maximum absolute atomic E-state index is 4.19. The predicted octanol–water partition coefficient (Wildman–Crippen LogP) is 6.43. The summed E-state index contributed by atoms with van der Waals surface area (Å²) in [5.74, 6) is 0. The van der Waals surface area contributed by atoms with Crippen LogP contribution in [0, 0.1) is 0 Å². The highest BCUT2D eigenvalue weighted by Crippen LogP contribution is 2.30. The molecule has 0 spiro atoms. The number of aliphatic imine (C=N–C) groups is 1. The molecule has 0 aliphatic carbocycles. The van der Waals surface area contributed by atoms with Gasteiger partial charge in [-0.05, 0) is 19.3 Å². The Morgan fingerprint density at radius 2 is 1.30 bits per heavy atom. The first kappa shape index (κ1) is 22.1. The van der Waals surface area contributed by atoms with Gasteiger partial charge in [0.2, 0.25) is 0 Å². The lowest BCUT2D eigenvalue weighted by molar-refractivity contribution is 0.151. The van der Waals surface area contributed by atoms with Gasteiger partial charge in [0.25, 0.3) is 0 Å². The Morgan fingerprint density at radius 1 is 0.826 bits per heavy atom. The Bertz CT molecular complexity index is 295. The van der Waals surface area contributed by atoms with Gasteiger partial charge in [0.15, 0.2) is 0 Å². The van der Waals surface area contributed by atoms with Crippen molar-refractivity contribution in [2.75, 3.05) is 7.05 Å². The van der Waals surface area contributed by atoms with Gasteiger partial charge in [0.1, 0.15) is 6.34 Å². The van der Waals surface area contributed by atoms with Crippen LogP contribution < -0.4 is 0 Å². The number of hydrogen-bond donors (Lipinski definition) is 0. The molecule has 0 rings (SSSR count). The van der Waals surface area contributed by atoms with E-state index in [-0.39, 0.29) is 5.54 Å². The molecule has 136 valence electrons. The molecule has 0 saturated heterocycles. The maximum Gasteiger partial charge on any atom is 0.106 e. The smallest absolute Gasteiger partial charge is 0.106 e. The monoisotopic (exact) mass is 323 g/mol. The molecule has 0 heterocycles. The summed E-state index contributed by atoms with van der Waals surface area (Å²) in [6.45, 7) is 10.5. The van der Waals surface area contributed by atoms with Crippen LogP contribution in [0.3, 0.4) is 0 Å². The average Bonchev–Trinajstić information content (AvgIpc) is 2.58. The van der Waals surface area contributed by atoms with Gasteiger partial charge in [-0.15, -0.1) is 0 Å². The van der Waals surface area contributed by atoms with Gasteiger partial charge in [0, 0.05) is 13.8 Å². The summed E-state index contributed by atoms with van der Waals surface area (Å²) in [6.07, 6.45) is 19.0. The second kappa shape index (κ2) is 14.7. The number of hydrazone groups is 1. The van der Waals surface area contributed by atoms with Gasteiger partial charge < -0.3 is 0 Å². The number of rotatable bonds is 16. The van der Waals surface area contributed by atoms with Crippen molar-refractivity contribution >= 4 is 13.1 Å². The average molecular weight is 324 g/mol. The van der Waals surface area contributed by atoms with Crippen LogP contribution in [0.1, 0.15) is 104 Å². The van der Waals surface area contributed by atoms with Crippen molar-refractivity contribution in [3.8, 4) is 0 Å². The molecule has 0 radical (unpaired) electrons. The third-order valence-electron chi connectivity index (χ3n) is 5.18. The second-order valence-electron chi connectivity index (χ2n) is 6.72. The van der Waals surface area contributed by atoms with E-state index in [0.29, 0.717) is 0 Å². The minimum absolute atomic E-state index is 0.0986. The molecule has 0 fully saturated rings. The molecule has 0 atom stereocenters. The molecular formula is C20H41N3. The van der Waals surface area contributed by atoms with Gasteiger partial charge in [-0.2, -0.15) is 5.10 Å². The first-order chi connectivity index (χ1) is 11.2. The van der Waals surface area contributed by atoms with Gasteiger partial charge >= 0.3 is 0 Å². The lowest BCUT2D eigenvalue weighted by Gasteiger charge is -2.38. The van der Waals surface area contributed by atoms with Crippen molar-refractivity contribution < 1.29 is 0 Å². The molecule has 0 amide bonds. The first-order valence-electron chi connectivity index (χ1n) is 9.89. The molecule has 0 aromatic carbocycles. The largest absolute Gasteiger partial charge is 0.277 e. The fraction of sp³-hybridized carbons (Fsp3) is 0.900. The molecule has 0 N–H and O–H groups in total.